The zero-order chi connectivity index (χ0) is 15.8. The van der Waals surface area contributed by atoms with Crippen molar-refractivity contribution in [3.8, 4) is 11.8 Å². The van der Waals surface area contributed by atoms with Crippen molar-refractivity contribution in [2.45, 2.75) is 52.1 Å². The van der Waals surface area contributed by atoms with Gasteiger partial charge >= 0.3 is 0 Å². The normalized spacial score (nSPS) is 17.9. The molecular weight excluding hydrogens is 272 g/mol. The van der Waals surface area contributed by atoms with E-state index in [1.165, 1.54) is 25.8 Å². The molecular formula is C19H28N2O. The second-order valence-corrected chi connectivity index (χ2v) is 6.32. The number of ether oxygens (including phenoxy) is 1. The molecule has 1 aromatic rings. The molecule has 0 radical (unpaired) electrons. The number of piperidine rings is 1. The fraction of sp³-hybridized carbons (Fsp3) is 0.632. The minimum atomic E-state index is 0.315. The lowest BCUT2D eigenvalue weighted by atomic mass is 9.98. The Kier molecular flexibility index (Phi) is 6.74. The van der Waals surface area contributed by atoms with Gasteiger partial charge in [0.25, 0.3) is 0 Å². The molecule has 2 rings (SSSR count). The van der Waals surface area contributed by atoms with Gasteiger partial charge in [-0.05, 0) is 49.4 Å². The van der Waals surface area contributed by atoms with E-state index in [-0.39, 0.29) is 0 Å². The molecule has 1 aliphatic rings. The van der Waals surface area contributed by atoms with Crippen molar-refractivity contribution >= 4 is 0 Å². The maximum Gasteiger partial charge on any atom is 0.119 e. The topological polar surface area (TPSA) is 36.3 Å². The maximum absolute atomic E-state index is 8.81. The van der Waals surface area contributed by atoms with Crippen molar-refractivity contribution < 1.29 is 4.74 Å². The van der Waals surface area contributed by atoms with Crippen LogP contribution in [-0.4, -0.2) is 30.6 Å². The number of rotatable bonds is 7. The molecule has 1 atom stereocenters. The Morgan fingerprint density at radius 1 is 1.23 bits per heavy atom. The van der Waals surface area contributed by atoms with Crippen molar-refractivity contribution in [2.75, 3.05) is 19.6 Å². The van der Waals surface area contributed by atoms with Gasteiger partial charge in [-0.2, -0.15) is 5.26 Å². The minimum absolute atomic E-state index is 0.315. The van der Waals surface area contributed by atoms with Gasteiger partial charge in [-0.15, -0.1) is 0 Å². The Morgan fingerprint density at radius 3 is 2.45 bits per heavy atom. The van der Waals surface area contributed by atoms with Crippen molar-refractivity contribution in [3.63, 3.8) is 0 Å². The van der Waals surface area contributed by atoms with Gasteiger partial charge in [-0.3, -0.25) is 0 Å². The van der Waals surface area contributed by atoms with Crippen LogP contribution in [0.2, 0.25) is 0 Å². The molecule has 0 N–H and O–H groups in total. The molecule has 1 aromatic carbocycles. The lowest BCUT2D eigenvalue weighted by molar-refractivity contribution is 0.0895. The van der Waals surface area contributed by atoms with E-state index in [9.17, 15) is 0 Å². The van der Waals surface area contributed by atoms with Crippen LogP contribution < -0.4 is 4.74 Å². The van der Waals surface area contributed by atoms with E-state index < -0.39 is 0 Å². The standard InChI is InChI=1S/C19H28N2O/c1-3-5-16(4-2)15-21-12-10-19(11-13-21)22-18-8-6-17(14-20)7-9-18/h6-9,16,19H,3-5,10-13,15H2,1-2H3. The summed E-state index contributed by atoms with van der Waals surface area (Å²) >= 11 is 0. The van der Waals surface area contributed by atoms with Crippen molar-refractivity contribution in [3.05, 3.63) is 29.8 Å². The summed E-state index contributed by atoms with van der Waals surface area (Å²) < 4.78 is 6.05. The molecule has 3 nitrogen and oxygen atoms in total. The molecule has 0 bridgehead atoms. The van der Waals surface area contributed by atoms with E-state index in [1.807, 2.05) is 24.3 Å². The van der Waals surface area contributed by atoms with Gasteiger partial charge in [0, 0.05) is 19.6 Å². The molecule has 1 unspecified atom stereocenters. The fourth-order valence-electron chi connectivity index (χ4n) is 3.21. The van der Waals surface area contributed by atoms with Crippen LogP contribution in [0.15, 0.2) is 24.3 Å². The smallest absolute Gasteiger partial charge is 0.119 e. The van der Waals surface area contributed by atoms with E-state index >= 15 is 0 Å². The van der Waals surface area contributed by atoms with Gasteiger partial charge in [0.2, 0.25) is 0 Å². The monoisotopic (exact) mass is 300 g/mol. The van der Waals surface area contributed by atoms with Gasteiger partial charge in [-0.1, -0.05) is 26.7 Å². The number of hydrogen-bond acceptors (Lipinski definition) is 3. The van der Waals surface area contributed by atoms with Gasteiger partial charge in [0.05, 0.1) is 11.6 Å². The summed E-state index contributed by atoms with van der Waals surface area (Å²) in [6, 6.07) is 9.58. The highest BCUT2D eigenvalue weighted by atomic mass is 16.5. The van der Waals surface area contributed by atoms with Crippen LogP contribution in [0.25, 0.3) is 0 Å². The number of hydrogen-bond donors (Lipinski definition) is 0. The average molecular weight is 300 g/mol. The molecule has 1 fully saturated rings. The average Bonchev–Trinajstić information content (AvgIpc) is 2.57. The number of nitrogens with zero attached hydrogens (tertiary/aromatic N) is 2. The summed E-state index contributed by atoms with van der Waals surface area (Å²) in [6.45, 7) is 8.11. The highest BCUT2D eigenvalue weighted by molar-refractivity contribution is 5.34. The van der Waals surface area contributed by atoms with Crippen molar-refractivity contribution in [2.24, 2.45) is 5.92 Å². The van der Waals surface area contributed by atoms with Gasteiger partial charge in [0.15, 0.2) is 0 Å². The third-order valence-corrected chi connectivity index (χ3v) is 4.61. The van der Waals surface area contributed by atoms with E-state index in [1.54, 1.807) is 0 Å². The molecule has 120 valence electrons. The predicted octanol–water partition coefficient (Wildman–Crippen LogP) is 4.23. The van der Waals surface area contributed by atoms with Crippen LogP contribution in [0.5, 0.6) is 5.75 Å². The van der Waals surface area contributed by atoms with Crippen LogP contribution in [0.3, 0.4) is 0 Å². The Bertz CT molecular complexity index is 469. The molecule has 1 saturated heterocycles. The summed E-state index contributed by atoms with van der Waals surface area (Å²) in [5, 5.41) is 8.81. The van der Waals surface area contributed by atoms with E-state index in [0.717, 1.165) is 37.6 Å². The Morgan fingerprint density at radius 2 is 1.91 bits per heavy atom. The van der Waals surface area contributed by atoms with Crippen LogP contribution in [-0.2, 0) is 0 Å². The third kappa shape index (κ3) is 5.03. The first-order valence-electron chi connectivity index (χ1n) is 8.64. The lowest BCUT2D eigenvalue weighted by Gasteiger charge is -2.34. The molecule has 0 aromatic heterocycles. The minimum Gasteiger partial charge on any atom is -0.490 e. The molecule has 0 spiro atoms. The van der Waals surface area contributed by atoms with Crippen LogP contribution >= 0.6 is 0 Å². The first-order valence-corrected chi connectivity index (χ1v) is 8.64. The first-order chi connectivity index (χ1) is 10.7. The molecule has 1 heterocycles. The second-order valence-electron chi connectivity index (χ2n) is 6.32. The van der Waals surface area contributed by atoms with E-state index in [4.69, 9.17) is 10.00 Å². The lowest BCUT2D eigenvalue weighted by Crippen LogP contribution is -2.40. The Hall–Kier alpha value is -1.53. The third-order valence-electron chi connectivity index (χ3n) is 4.61. The summed E-state index contributed by atoms with van der Waals surface area (Å²) in [7, 11) is 0. The SMILES string of the molecule is CCCC(CC)CN1CCC(Oc2ccc(C#N)cc2)CC1. The molecule has 1 aliphatic heterocycles. The van der Waals surface area contributed by atoms with Crippen LogP contribution in [0.1, 0.15) is 51.5 Å². The van der Waals surface area contributed by atoms with Crippen molar-refractivity contribution in [1.82, 2.24) is 4.90 Å². The molecule has 0 aliphatic carbocycles. The molecule has 3 heteroatoms. The van der Waals surface area contributed by atoms with Crippen molar-refractivity contribution in [1.29, 1.82) is 5.26 Å². The summed E-state index contributed by atoms with van der Waals surface area (Å²) in [5.41, 5.74) is 0.684. The van der Waals surface area contributed by atoms with Gasteiger partial charge < -0.3 is 9.64 Å². The van der Waals surface area contributed by atoms with E-state index in [0.29, 0.717) is 11.7 Å². The van der Waals surface area contributed by atoms with Crippen LogP contribution in [0.4, 0.5) is 0 Å². The van der Waals surface area contributed by atoms with Gasteiger partial charge in [-0.25, -0.2) is 0 Å². The summed E-state index contributed by atoms with van der Waals surface area (Å²) in [5.74, 6) is 1.73. The first kappa shape index (κ1) is 16.8. The summed E-state index contributed by atoms with van der Waals surface area (Å²) in [4.78, 5) is 2.60. The number of nitriles is 1. The Balaban J connectivity index is 1.75. The molecule has 22 heavy (non-hydrogen) atoms. The highest BCUT2D eigenvalue weighted by Gasteiger charge is 2.22. The Labute approximate surface area is 134 Å². The van der Waals surface area contributed by atoms with E-state index in [2.05, 4.69) is 24.8 Å². The predicted molar refractivity (Wildman–Crippen MR) is 89.9 cm³/mol. The second kappa shape index (κ2) is 8.80. The molecule has 0 saturated carbocycles. The zero-order valence-corrected chi connectivity index (χ0v) is 13.9. The van der Waals surface area contributed by atoms with Gasteiger partial charge in [0.1, 0.15) is 11.9 Å². The summed E-state index contributed by atoms with van der Waals surface area (Å²) in [6.07, 6.45) is 6.44. The fourth-order valence-corrected chi connectivity index (χ4v) is 3.21. The zero-order valence-electron chi connectivity index (χ0n) is 13.9. The highest BCUT2D eigenvalue weighted by Crippen LogP contribution is 2.21. The molecule has 0 amide bonds. The number of benzene rings is 1. The quantitative estimate of drug-likeness (QED) is 0.756. The maximum atomic E-state index is 8.81. The van der Waals surface area contributed by atoms with Crippen LogP contribution in [0, 0.1) is 17.2 Å². The largest absolute Gasteiger partial charge is 0.490 e. The number of likely N-dealkylation sites (tertiary alicyclic amines) is 1.